The first-order chi connectivity index (χ1) is 9.47. The van der Waals surface area contributed by atoms with E-state index in [0.717, 1.165) is 6.07 Å². The molecule has 1 aromatic carbocycles. The van der Waals surface area contributed by atoms with Crippen molar-refractivity contribution in [2.24, 2.45) is 0 Å². The van der Waals surface area contributed by atoms with Crippen molar-refractivity contribution >= 4 is 33.5 Å². The molecule has 0 radical (unpaired) electrons. The lowest BCUT2D eigenvalue weighted by atomic mass is 10.2. The number of anilines is 1. The normalized spacial score (nSPS) is 10.1. The number of carbonyl (C=O) groups is 2. The van der Waals surface area contributed by atoms with Crippen LogP contribution in [0.15, 0.2) is 41.1 Å². The minimum atomic E-state index is -1.24. The molecule has 0 unspecified atom stereocenters. The standard InChI is InChI=1S/C13H8BrFN2O3/c14-11-4-2-8(6-16-11)12(18)17-10-3-1-7(13(19)20)5-9(10)15/h1-6H,(H,17,18)(H,19,20). The number of pyridine rings is 1. The number of aromatic carboxylic acids is 1. The van der Waals surface area contributed by atoms with Gasteiger partial charge in [0.05, 0.1) is 16.8 Å². The van der Waals surface area contributed by atoms with E-state index in [1.807, 2.05) is 0 Å². The molecule has 2 aromatic rings. The first kappa shape index (κ1) is 14.1. The van der Waals surface area contributed by atoms with Crippen molar-refractivity contribution in [1.82, 2.24) is 4.98 Å². The van der Waals surface area contributed by atoms with E-state index in [0.29, 0.717) is 4.60 Å². The maximum absolute atomic E-state index is 13.6. The number of carbonyl (C=O) groups excluding carboxylic acids is 1. The predicted molar refractivity (Wildman–Crippen MR) is 73.2 cm³/mol. The van der Waals surface area contributed by atoms with Crippen LogP contribution in [-0.2, 0) is 0 Å². The van der Waals surface area contributed by atoms with E-state index in [1.165, 1.54) is 24.4 Å². The Morgan fingerprint density at radius 3 is 2.45 bits per heavy atom. The molecule has 102 valence electrons. The summed E-state index contributed by atoms with van der Waals surface area (Å²) in [6, 6.07) is 6.36. The van der Waals surface area contributed by atoms with Crippen LogP contribution in [0.1, 0.15) is 20.7 Å². The maximum Gasteiger partial charge on any atom is 0.335 e. The van der Waals surface area contributed by atoms with Crippen LogP contribution in [0.4, 0.5) is 10.1 Å². The number of carboxylic acids is 1. The van der Waals surface area contributed by atoms with Crippen LogP contribution in [0.25, 0.3) is 0 Å². The number of carboxylic acid groups (broad SMARTS) is 1. The Balaban J connectivity index is 2.19. The molecule has 0 spiro atoms. The zero-order chi connectivity index (χ0) is 14.7. The second-order valence-electron chi connectivity index (χ2n) is 3.82. The third-order valence-corrected chi connectivity index (χ3v) is 2.92. The van der Waals surface area contributed by atoms with Gasteiger partial charge in [-0.25, -0.2) is 14.2 Å². The van der Waals surface area contributed by atoms with Gasteiger partial charge in [0.1, 0.15) is 10.4 Å². The van der Waals surface area contributed by atoms with Gasteiger partial charge in [0, 0.05) is 6.20 Å². The number of hydrogen-bond acceptors (Lipinski definition) is 3. The highest BCUT2D eigenvalue weighted by Crippen LogP contribution is 2.17. The van der Waals surface area contributed by atoms with Gasteiger partial charge in [-0.2, -0.15) is 0 Å². The number of hydrogen-bond donors (Lipinski definition) is 2. The molecule has 20 heavy (non-hydrogen) atoms. The zero-order valence-electron chi connectivity index (χ0n) is 9.93. The van der Waals surface area contributed by atoms with Crippen molar-refractivity contribution < 1.29 is 19.1 Å². The van der Waals surface area contributed by atoms with Crippen molar-refractivity contribution in [2.75, 3.05) is 5.32 Å². The van der Waals surface area contributed by atoms with Gasteiger partial charge in [0.2, 0.25) is 0 Å². The topological polar surface area (TPSA) is 79.3 Å². The fourth-order valence-electron chi connectivity index (χ4n) is 1.45. The lowest BCUT2D eigenvalue weighted by molar-refractivity contribution is 0.0696. The van der Waals surface area contributed by atoms with E-state index in [4.69, 9.17) is 5.11 Å². The van der Waals surface area contributed by atoms with Gasteiger partial charge in [0.15, 0.2) is 0 Å². The number of aromatic nitrogens is 1. The highest BCUT2D eigenvalue weighted by molar-refractivity contribution is 9.10. The third-order valence-electron chi connectivity index (χ3n) is 2.45. The first-order valence-electron chi connectivity index (χ1n) is 5.43. The Morgan fingerprint density at radius 1 is 1.20 bits per heavy atom. The van der Waals surface area contributed by atoms with E-state index in [9.17, 15) is 14.0 Å². The van der Waals surface area contributed by atoms with E-state index in [-0.39, 0.29) is 16.8 Å². The molecule has 0 saturated heterocycles. The number of benzene rings is 1. The molecule has 7 heteroatoms. The van der Waals surface area contributed by atoms with Gasteiger partial charge < -0.3 is 10.4 Å². The molecule has 1 heterocycles. The van der Waals surface area contributed by atoms with Crippen LogP contribution in [0.3, 0.4) is 0 Å². The Hall–Kier alpha value is -2.28. The molecule has 0 aliphatic rings. The second kappa shape index (κ2) is 5.79. The van der Waals surface area contributed by atoms with Gasteiger partial charge in [-0.3, -0.25) is 4.79 Å². The molecule has 1 aromatic heterocycles. The van der Waals surface area contributed by atoms with Crippen LogP contribution in [0.2, 0.25) is 0 Å². The minimum absolute atomic E-state index is 0.0945. The first-order valence-corrected chi connectivity index (χ1v) is 6.22. The van der Waals surface area contributed by atoms with Gasteiger partial charge in [-0.15, -0.1) is 0 Å². The van der Waals surface area contributed by atoms with Crippen molar-refractivity contribution in [3.63, 3.8) is 0 Å². The lowest BCUT2D eigenvalue weighted by Gasteiger charge is -2.07. The summed E-state index contributed by atoms with van der Waals surface area (Å²) in [7, 11) is 0. The van der Waals surface area contributed by atoms with E-state index >= 15 is 0 Å². The number of nitrogens with one attached hydrogen (secondary N) is 1. The third kappa shape index (κ3) is 3.18. The molecule has 2 N–H and O–H groups in total. The average Bonchev–Trinajstić information content (AvgIpc) is 2.41. The molecule has 0 aliphatic heterocycles. The van der Waals surface area contributed by atoms with Crippen LogP contribution < -0.4 is 5.32 Å². The smallest absolute Gasteiger partial charge is 0.335 e. The van der Waals surface area contributed by atoms with E-state index in [2.05, 4.69) is 26.2 Å². The molecule has 0 bridgehead atoms. The van der Waals surface area contributed by atoms with Crippen LogP contribution in [-0.4, -0.2) is 22.0 Å². The van der Waals surface area contributed by atoms with Crippen molar-refractivity contribution in [3.8, 4) is 0 Å². The largest absolute Gasteiger partial charge is 0.478 e. The summed E-state index contributed by atoms with van der Waals surface area (Å²) in [6.45, 7) is 0. The van der Waals surface area contributed by atoms with Crippen LogP contribution in [0, 0.1) is 5.82 Å². The van der Waals surface area contributed by atoms with Crippen LogP contribution >= 0.6 is 15.9 Å². The highest BCUT2D eigenvalue weighted by atomic mass is 79.9. The molecule has 2 rings (SSSR count). The van der Waals surface area contributed by atoms with Crippen molar-refractivity contribution in [3.05, 3.63) is 58.1 Å². The molecule has 1 amide bonds. The summed E-state index contributed by atoms with van der Waals surface area (Å²) >= 11 is 3.14. The summed E-state index contributed by atoms with van der Waals surface area (Å²) < 4.78 is 14.2. The maximum atomic E-state index is 13.6. The molecule has 5 nitrogen and oxygen atoms in total. The number of nitrogens with zero attached hydrogens (tertiary/aromatic N) is 1. The summed E-state index contributed by atoms with van der Waals surface area (Å²) in [6.07, 6.45) is 1.34. The molecule has 0 atom stereocenters. The number of rotatable bonds is 3. The van der Waals surface area contributed by atoms with Crippen molar-refractivity contribution in [2.45, 2.75) is 0 Å². The fourth-order valence-corrected chi connectivity index (χ4v) is 1.69. The Morgan fingerprint density at radius 2 is 1.90 bits per heavy atom. The Bertz CT molecular complexity index is 674. The summed E-state index contributed by atoms with van der Waals surface area (Å²) in [4.78, 5) is 26.4. The second-order valence-corrected chi connectivity index (χ2v) is 4.64. The van der Waals surface area contributed by atoms with E-state index < -0.39 is 17.7 Å². The summed E-state index contributed by atoms with van der Waals surface area (Å²) in [5.41, 5.74) is -0.0244. The molecule has 0 fully saturated rings. The summed E-state index contributed by atoms with van der Waals surface area (Å²) in [5.74, 6) is -2.59. The number of amides is 1. The molecule has 0 aliphatic carbocycles. The molecular weight excluding hydrogens is 331 g/mol. The Labute approximate surface area is 121 Å². The van der Waals surface area contributed by atoms with Gasteiger partial charge >= 0.3 is 5.97 Å². The van der Waals surface area contributed by atoms with Crippen molar-refractivity contribution in [1.29, 1.82) is 0 Å². The Kier molecular flexibility index (Phi) is 4.09. The number of halogens is 2. The average molecular weight is 339 g/mol. The molecule has 0 saturated carbocycles. The quantitative estimate of drug-likeness (QED) is 0.843. The predicted octanol–water partition coefficient (Wildman–Crippen LogP) is 2.93. The zero-order valence-corrected chi connectivity index (χ0v) is 11.5. The summed E-state index contributed by atoms with van der Waals surface area (Å²) in [5, 5.41) is 11.1. The lowest BCUT2D eigenvalue weighted by Crippen LogP contribution is -2.13. The van der Waals surface area contributed by atoms with Crippen LogP contribution in [0.5, 0.6) is 0 Å². The van der Waals surface area contributed by atoms with Gasteiger partial charge in [-0.1, -0.05) is 0 Å². The fraction of sp³-hybridized carbons (Fsp3) is 0. The molecular formula is C13H8BrFN2O3. The SMILES string of the molecule is O=C(O)c1ccc(NC(=O)c2ccc(Br)nc2)c(F)c1. The van der Waals surface area contributed by atoms with Gasteiger partial charge in [-0.05, 0) is 46.3 Å². The minimum Gasteiger partial charge on any atom is -0.478 e. The van der Waals surface area contributed by atoms with Gasteiger partial charge in [0.25, 0.3) is 5.91 Å². The van der Waals surface area contributed by atoms with E-state index in [1.54, 1.807) is 6.07 Å². The highest BCUT2D eigenvalue weighted by Gasteiger charge is 2.12. The monoisotopic (exact) mass is 338 g/mol.